The highest BCUT2D eigenvalue weighted by atomic mass is 16.2. The highest BCUT2D eigenvalue weighted by Crippen LogP contribution is 2.21. The predicted molar refractivity (Wildman–Crippen MR) is 111 cm³/mol. The van der Waals surface area contributed by atoms with Crippen molar-refractivity contribution in [1.29, 1.82) is 0 Å². The summed E-state index contributed by atoms with van der Waals surface area (Å²) in [6.45, 7) is 4.61. The average molecular weight is 386 g/mol. The van der Waals surface area contributed by atoms with E-state index in [0.29, 0.717) is 41.7 Å². The molecule has 146 valence electrons. The van der Waals surface area contributed by atoms with Crippen molar-refractivity contribution in [2.75, 3.05) is 11.9 Å². The number of Topliss-reactive ketones (excluding diaryl/α,β-unsaturated/α-hetero) is 1. The third kappa shape index (κ3) is 4.16. The van der Waals surface area contributed by atoms with Gasteiger partial charge in [-0.2, -0.15) is 0 Å². The summed E-state index contributed by atoms with van der Waals surface area (Å²) in [6.07, 6.45) is 0.842. The molecule has 1 aliphatic heterocycles. The molecular formula is C23H22N4O2. The molecule has 2 aromatic carbocycles. The second-order valence-corrected chi connectivity index (χ2v) is 7.23. The summed E-state index contributed by atoms with van der Waals surface area (Å²) in [5, 5.41) is 3.11. The molecule has 6 nitrogen and oxygen atoms in total. The smallest absolute Gasteiger partial charge is 0.272 e. The third-order valence-electron chi connectivity index (χ3n) is 5.02. The molecule has 6 heteroatoms. The maximum absolute atomic E-state index is 13.1. The van der Waals surface area contributed by atoms with E-state index in [1.165, 1.54) is 18.1 Å². The van der Waals surface area contributed by atoms with Crippen LogP contribution in [0, 0.1) is 6.92 Å². The number of aryl methyl sites for hydroxylation is 1. The molecule has 0 saturated carbocycles. The van der Waals surface area contributed by atoms with Crippen LogP contribution in [0.25, 0.3) is 0 Å². The van der Waals surface area contributed by atoms with Gasteiger partial charge in [0.2, 0.25) is 5.95 Å². The topological polar surface area (TPSA) is 75.2 Å². The van der Waals surface area contributed by atoms with Crippen LogP contribution in [0.5, 0.6) is 0 Å². The summed E-state index contributed by atoms with van der Waals surface area (Å²) in [5.74, 6) is 0.219. The number of carbonyl (C=O) groups is 2. The molecule has 3 aromatic rings. The zero-order chi connectivity index (χ0) is 20.4. The highest BCUT2D eigenvalue weighted by Gasteiger charge is 2.23. The first kappa shape index (κ1) is 18.8. The number of nitrogens with one attached hydrogen (secondary N) is 1. The van der Waals surface area contributed by atoms with Crippen molar-refractivity contribution >= 4 is 23.3 Å². The van der Waals surface area contributed by atoms with Crippen LogP contribution in [0.2, 0.25) is 0 Å². The Bertz CT molecular complexity index is 1090. The first-order chi connectivity index (χ1) is 14.0. The molecule has 1 aromatic heterocycles. The molecule has 0 fully saturated rings. The van der Waals surface area contributed by atoms with Crippen molar-refractivity contribution in [1.82, 2.24) is 14.9 Å². The van der Waals surface area contributed by atoms with Gasteiger partial charge in [0, 0.05) is 30.0 Å². The fourth-order valence-corrected chi connectivity index (χ4v) is 3.51. The Morgan fingerprint density at radius 3 is 2.59 bits per heavy atom. The molecule has 2 heterocycles. The Labute approximate surface area is 169 Å². The van der Waals surface area contributed by atoms with Gasteiger partial charge in [-0.3, -0.25) is 9.59 Å². The van der Waals surface area contributed by atoms with Crippen LogP contribution in [0.3, 0.4) is 0 Å². The summed E-state index contributed by atoms with van der Waals surface area (Å²) in [6, 6.07) is 17.1. The van der Waals surface area contributed by atoms with Gasteiger partial charge < -0.3 is 10.2 Å². The molecule has 0 spiro atoms. The van der Waals surface area contributed by atoms with Gasteiger partial charge >= 0.3 is 0 Å². The molecule has 0 bridgehead atoms. The zero-order valence-electron chi connectivity index (χ0n) is 16.5. The van der Waals surface area contributed by atoms with Crippen molar-refractivity contribution in [3.63, 3.8) is 0 Å². The Balaban J connectivity index is 1.56. The van der Waals surface area contributed by atoms with Crippen LogP contribution in [0.1, 0.15) is 44.6 Å². The van der Waals surface area contributed by atoms with Crippen LogP contribution < -0.4 is 5.32 Å². The highest BCUT2D eigenvalue weighted by molar-refractivity contribution is 5.95. The Kier molecular flexibility index (Phi) is 5.08. The SMILES string of the molecule is CC(=O)c1cccc(Nc2nc(C)cc(C(=O)N3CCc4ccccc4C3)n2)c1. The van der Waals surface area contributed by atoms with E-state index in [2.05, 4.69) is 27.4 Å². The fraction of sp³-hybridized carbons (Fsp3) is 0.217. The van der Waals surface area contributed by atoms with E-state index in [9.17, 15) is 9.59 Å². The maximum Gasteiger partial charge on any atom is 0.272 e. The Morgan fingerprint density at radius 1 is 1.00 bits per heavy atom. The lowest BCUT2D eigenvalue weighted by molar-refractivity contribution is 0.0728. The molecule has 0 unspecified atom stereocenters. The molecular weight excluding hydrogens is 364 g/mol. The number of hydrogen-bond acceptors (Lipinski definition) is 5. The minimum absolute atomic E-state index is 0.0138. The summed E-state index contributed by atoms with van der Waals surface area (Å²) < 4.78 is 0. The molecule has 0 radical (unpaired) electrons. The van der Waals surface area contributed by atoms with Crippen molar-refractivity contribution in [3.05, 3.63) is 82.7 Å². The number of aromatic nitrogens is 2. The second kappa shape index (κ2) is 7.83. The van der Waals surface area contributed by atoms with Crippen LogP contribution in [-0.4, -0.2) is 33.1 Å². The summed E-state index contributed by atoms with van der Waals surface area (Å²) in [7, 11) is 0. The van der Waals surface area contributed by atoms with Gasteiger partial charge in [0.25, 0.3) is 5.91 Å². The van der Waals surface area contributed by atoms with E-state index in [1.54, 1.807) is 24.3 Å². The predicted octanol–water partition coefficient (Wildman–Crippen LogP) is 3.93. The number of rotatable bonds is 4. The van der Waals surface area contributed by atoms with E-state index in [4.69, 9.17) is 0 Å². The van der Waals surface area contributed by atoms with E-state index in [-0.39, 0.29) is 11.7 Å². The quantitative estimate of drug-likeness (QED) is 0.688. The van der Waals surface area contributed by atoms with Gasteiger partial charge in [0.15, 0.2) is 5.78 Å². The lowest BCUT2D eigenvalue weighted by atomic mass is 10.00. The monoisotopic (exact) mass is 386 g/mol. The molecule has 4 rings (SSSR count). The van der Waals surface area contributed by atoms with Crippen molar-refractivity contribution in [3.8, 4) is 0 Å². The van der Waals surface area contributed by atoms with E-state index in [1.807, 2.05) is 30.0 Å². The third-order valence-corrected chi connectivity index (χ3v) is 5.02. The molecule has 1 N–H and O–H groups in total. The first-order valence-corrected chi connectivity index (χ1v) is 9.59. The molecule has 0 aliphatic carbocycles. The van der Waals surface area contributed by atoms with Gasteiger partial charge in [-0.05, 0) is 49.6 Å². The van der Waals surface area contributed by atoms with Gasteiger partial charge in [0.05, 0.1) is 0 Å². The largest absolute Gasteiger partial charge is 0.333 e. The summed E-state index contributed by atoms with van der Waals surface area (Å²) in [4.78, 5) is 35.3. The molecule has 0 atom stereocenters. The van der Waals surface area contributed by atoms with Gasteiger partial charge in [-0.25, -0.2) is 9.97 Å². The normalized spacial score (nSPS) is 13.0. The van der Waals surface area contributed by atoms with E-state index < -0.39 is 0 Å². The van der Waals surface area contributed by atoms with E-state index in [0.717, 1.165) is 6.42 Å². The lowest BCUT2D eigenvalue weighted by Crippen LogP contribution is -2.36. The number of hydrogen-bond donors (Lipinski definition) is 1. The Morgan fingerprint density at radius 2 is 1.79 bits per heavy atom. The van der Waals surface area contributed by atoms with Crippen LogP contribution in [0.15, 0.2) is 54.6 Å². The number of amides is 1. The summed E-state index contributed by atoms with van der Waals surface area (Å²) in [5.41, 5.74) is 4.84. The maximum atomic E-state index is 13.1. The minimum Gasteiger partial charge on any atom is -0.333 e. The second-order valence-electron chi connectivity index (χ2n) is 7.23. The lowest BCUT2D eigenvalue weighted by Gasteiger charge is -2.28. The summed E-state index contributed by atoms with van der Waals surface area (Å²) >= 11 is 0. The first-order valence-electron chi connectivity index (χ1n) is 9.59. The number of anilines is 2. The Hall–Kier alpha value is -3.54. The fourth-order valence-electron chi connectivity index (χ4n) is 3.51. The minimum atomic E-state index is -0.106. The number of nitrogens with zero attached hydrogens (tertiary/aromatic N) is 3. The number of carbonyl (C=O) groups excluding carboxylic acids is 2. The van der Waals surface area contributed by atoms with Crippen LogP contribution >= 0.6 is 0 Å². The van der Waals surface area contributed by atoms with Gasteiger partial charge in [0.1, 0.15) is 5.69 Å². The van der Waals surface area contributed by atoms with Crippen molar-refractivity contribution in [2.24, 2.45) is 0 Å². The van der Waals surface area contributed by atoms with Crippen LogP contribution in [-0.2, 0) is 13.0 Å². The van der Waals surface area contributed by atoms with Crippen LogP contribution in [0.4, 0.5) is 11.6 Å². The standard InChI is InChI=1S/C23H22N4O2/c1-15-12-21(22(29)27-11-10-17-6-3-4-7-19(17)14-27)26-23(24-15)25-20-9-5-8-18(13-20)16(2)28/h3-9,12-13H,10-11,14H2,1-2H3,(H,24,25,26). The number of ketones is 1. The number of fused-ring (bicyclic) bond motifs is 1. The van der Waals surface area contributed by atoms with Crippen molar-refractivity contribution in [2.45, 2.75) is 26.8 Å². The van der Waals surface area contributed by atoms with Gasteiger partial charge in [-0.15, -0.1) is 0 Å². The van der Waals surface area contributed by atoms with E-state index >= 15 is 0 Å². The molecule has 1 aliphatic rings. The average Bonchev–Trinajstić information content (AvgIpc) is 2.72. The molecule has 0 saturated heterocycles. The van der Waals surface area contributed by atoms with Gasteiger partial charge in [-0.1, -0.05) is 36.4 Å². The van der Waals surface area contributed by atoms with Crippen molar-refractivity contribution < 1.29 is 9.59 Å². The molecule has 29 heavy (non-hydrogen) atoms. The molecule has 1 amide bonds. The number of benzene rings is 2. The zero-order valence-corrected chi connectivity index (χ0v) is 16.5.